The van der Waals surface area contributed by atoms with Crippen molar-refractivity contribution in [3.63, 3.8) is 0 Å². The number of thioether (sulfide) groups is 1. The maximum atomic E-state index is 13.4. The van der Waals surface area contributed by atoms with Gasteiger partial charge in [0.15, 0.2) is 0 Å². The standard InChI is InChI=1S/C26H28N4O3S3/c1-4-14-29(15-5-2)36(32,33)22-13-9-10-19(16-22)24-20(17-23-25(31)28(3)26(34)35-23)18-30(27-24)21-11-7-6-8-12-21/h6-13,16-18H,4-5,14-15H2,1-3H3. The van der Waals surface area contributed by atoms with E-state index in [2.05, 4.69) is 0 Å². The summed E-state index contributed by atoms with van der Waals surface area (Å²) in [4.78, 5) is 14.8. The number of thiocarbonyl (C=S) groups is 1. The van der Waals surface area contributed by atoms with Crippen LogP contribution < -0.4 is 0 Å². The minimum Gasteiger partial charge on any atom is -0.296 e. The van der Waals surface area contributed by atoms with Gasteiger partial charge in [0.05, 0.1) is 15.5 Å². The lowest BCUT2D eigenvalue weighted by atomic mass is 10.1. The first-order valence-electron chi connectivity index (χ1n) is 11.7. The number of carbonyl (C=O) groups excluding carboxylic acids is 1. The van der Waals surface area contributed by atoms with Gasteiger partial charge in [-0.05, 0) is 43.2 Å². The number of sulfonamides is 1. The number of rotatable bonds is 9. The van der Waals surface area contributed by atoms with Gasteiger partial charge >= 0.3 is 0 Å². The summed E-state index contributed by atoms with van der Waals surface area (Å²) < 4.78 is 30.6. The lowest BCUT2D eigenvalue weighted by Gasteiger charge is -2.21. The molecule has 0 unspecified atom stereocenters. The van der Waals surface area contributed by atoms with Crippen LogP contribution in [0.5, 0.6) is 0 Å². The highest BCUT2D eigenvalue weighted by molar-refractivity contribution is 8.26. The van der Waals surface area contributed by atoms with Gasteiger partial charge in [0.1, 0.15) is 10.0 Å². The predicted molar refractivity (Wildman–Crippen MR) is 149 cm³/mol. The molecule has 1 saturated heterocycles. The van der Waals surface area contributed by atoms with Crippen LogP contribution >= 0.6 is 24.0 Å². The Morgan fingerprint density at radius 3 is 2.36 bits per heavy atom. The number of carbonyl (C=O) groups is 1. The Bertz CT molecular complexity index is 1410. The number of benzene rings is 2. The molecular formula is C26H28N4O3S3. The van der Waals surface area contributed by atoms with Crippen LogP contribution in [0.1, 0.15) is 32.3 Å². The fourth-order valence-corrected chi connectivity index (χ4v) is 6.76. The van der Waals surface area contributed by atoms with Crippen molar-refractivity contribution in [2.45, 2.75) is 31.6 Å². The molecule has 1 fully saturated rings. The molecule has 0 spiro atoms. The second-order valence-corrected chi connectivity index (χ2v) is 12.0. The van der Waals surface area contributed by atoms with E-state index in [1.807, 2.05) is 56.4 Å². The topological polar surface area (TPSA) is 75.5 Å². The Balaban J connectivity index is 1.83. The van der Waals surface area contributed by atoms with Crippen LogP contribution in [-0.2, 0) is 14.8 Å². The zero-order valence-electron chi connectivity index (χ0n) is 20.4. The van der Waals surface area contributed by atoms with Crippen molar-refractivity contribution in [1.82, 2.24) is 19.0 Å². The lowest BCUT2D eigenvalue weighted by molar-refractivity contribution is -0.121. The van der Waals surface area contributed by atoms with Gasteiger partial charge in [0.25, 0.3) is 5.91 Å². The van der Waals surface area contributed by atoms with Gasteiger partial charge in [-0.2, -0.15) is 9.40 Å². The minimum atomic E-state index is -3.66. The van der Waals surface area contributed by atoms with Gasteiger partial charge in [-0.15, -0.1) is 0 Å². The van der Waals surface area contributed by atoms with E-state index < -0.39 is 10.0 Å². The Hall–Kier alpha value is -2.79. The molecular weight excluding hydrogens is 513 g/mol. The molecule has 1 amide bonds. The Labute approximate surface area is 221 Å². The van der Waals surface area contributed by atoms with E-state index in [-0.39, 0.29) is 10.8 Å². The van der Waals surface area contributed by atoms with E-state index in [1.165, 1.54) is 21.0 Å². The molecule has 2 heterocycles. The van der Waals surface area contributed by atoms with Crippen molar-refractivity contribution in [2.75, 3.05) is 20.1 Å². The molecule has 188 valence electrons. The Morgan fingerprint density at radius 2 is 1.75 bits per heavy atom. The SMILES string of the molecule is CCCN(CCC)S(=O)(=O)c1cccc(-c2nn(-c3ccccc3)cc2C=C2SC(=S)N(C)C2=O)c1. The Morgan fingerprint density at radius 1 is 1.06 bits per heavy atom. The second kappa shape index (κ2) is 11.1. The molecule has 0 bridgehead atoms. The number of hydrogen-bond donors (Lipinski definition) is 0. The summed E-state index contributed by atoms with van der Waals surface area (Å²) in [5.74, 6) is -0.172. The molecule has 1 aromatic heterocycles. The average molecular weight is 541 g/mol. The smallest absolute Gasteiger partial charge is 0.265 e. The van der Waals surface area contributed by atoms with Gasteiger partial charge in [0.2, 0.25) is 10.0 Å². The van der Waals surface area contributed by atoms with Crippen molar-refractivity contribution in [3.05, 3.63) is 71.3 Å². The lowest BCUT2D eigenvalue weighted by Crippen LogP contribution is -2.32. The number of likely N-dealkylation sites (N-methyl/N-ethyl adjacent to an activating group) is 1. The molecule has 0 atom stereocenters. The van der Waals surface area contributed by atoms with Crippen LogP contribution in [-0.4, -0.2) is 57.8 Å². The van der Waals surface area contributed by atoms with Gasteiger partial charge in [0, 0.05) is 37.5 Å². The van der Waals surface area contributed by atoms with E-state index in [1.54, 1.807) is 36.0 Å². The second-order valence-electron chi connectivity index (χ2n) is 8.39. The van der Waals surface area contributed by atoms with Crippen LogP contribution in [0.3, 0.4) is 0 Å². The largest absolute Gasteiger partial charge is 0.296 e. The van der Waals surface area contributed by atoms with Crippen LogP contribution in [0.15, 0.2) is 70.6 Å². The van der Waals surface area contributed by atoms with E-state index in [0.717, 1.165) is 18.5 Å². The highest BCUT2D eigenvalue weighted by atomic mass is 32.2. The van der Waals surface area contributed by atoms with E-state index in [9.17, 15) is 13.2 Å². The first-order chi connectivity index (χ1) is 17.3. The number of aromatic nitrogens is 2. The highest BCUT2D eigenvalue weighted by Crippen LogP contribution is 2.34. The van der Waals surface area contributed by atoms with Crippen LogP contribution in [0.2, 0.25) is 0 Å². The monoisotopic (exact) mass is 540 g/mol. The highest BCUT2D eigenvalue weighted by Gasteiger charge is 2.29. The van der Waals surface area contributed by atoms with Gasteiger partial charge in [-0.1, -0.05) is 68.2 Å². The van der Waals surface area contributed by atoms with Crippen LogP contribution in [0.4, 0.5) is 0 Å². The number of hydrogen-bond acceptors (Lipinski definition) is 6. The predicted octanol–water partition coefficient (Wildman–Crippen LogP) is 5.18. The Kier molecular flexibility index (Phi) is 8.09. The third-order valence-electron chi connectivity index (χ3n) is 5.73. The maximum Gasteiger partial charge on any atom is 0.265 e. The molecule has 7 nitrogen and oxygen atoms in total. The molecule has 10 heteroatoms. The van der Waals surface area contributed by atoms with Crippen molar-refractivity contribution >= 4 is 50.3 Å². The number of nitrogens with zero attached hydrogens (tertiary/aromatic N) is 4. The summed E-state index contributed by atoms with van der Waals surface area (Å²) in [5, 5.41) is 4.79. The van der Waals surface area contributed by atoms with Crippen molar-refractivity contribution in [1.29, 1.82) is 0 Å². The van der Waals surface area contributed by atoms with E-state index in [0.29, 0.717) is 39.1 Å². The number of para-hydroxylation sites is 1. The van der Waals surface area contributed by atoms with Crippen molar-refractivity contribution < 1.29 is 13.2 Å². The third-order valence-corrected chi connectivity index (χ3v) is 9.11. The van der Waals surface area contributed by atoms with Gasteiger partial charge < -0.3 is 0 Å². The molecule has 0 N–H and O–H groups in total. The summed E-state index contributed by atoms with van der Waals surface area (Å²) in [6.07, 6.45) is 5.08. The zero-order chi connectivity index (χ0) is 25.9. The van der Waals surface area contributed by atoms with E-state index in [4.69, 9.17) is 17.3 Å². The quantitative estimate of drug-likeness (QED) is 0.275. The fourth-order valence-electron chi connectivity index (χ4n) is 3.92. The maximum absolute atomic E-state index is 13.4. The van der Waals surface area contributed by atoms with Gasteiger partial charge in [-0.25, -0.2) is 13.1 Å². The summed E-state index contributed by atoms with van der Waals surface area (Å²) in [7, 11) is -2.01. The first-order valence-corrected chi connectivity index (χ1v) is 14.4. The molecule has 1 aliphatic rings. The summed E-state index contributed by atoms with van der Waals surface area (Å²) in [6, 6.07) is 16.5. The molecule has 36 heavy (non-hydrogen) atoms. The molecule has 2 aromatic carbocycles. The van der Waals surface area contributed by atoms with Crippen LogP contribution in [0, 0.1) is 0 Å². The summed E-state index contributed by atoms with van der Waals surface area (Å²) >= 11 is 6.52. The summed E-state index contributed by atoms with van der Waals surface area (Å²) in [5.41, 5.74) is 2.77. The summed E-state index contributed by atoms with van der Waals surface area (Å²) in [6.45, 7) is 4.87. The molecule has 4 rings (SSSR count). The molecule has 0 radical (unpaired) electrons. The third kappa shape index (κ3) is 5.31. The minimum absolute atomic E-state index is 0.172. The van der Waals surface area contributed by atoms with Crippen LogP contribution in [0.25, 0.3) is 23.0 Å². The molecule has 0 aliphatic carbocycles. The molecule has 0 saturated carbocycles. The average Bonchev–Trinajstić information content (AvgIpc) is 3.41. The normalized spacial score (nSPS) is 15.4. The van der Waals surface area contributed by atoms with Gasteiger partial charge in [-0.3, -0.25) is 9.69 Å². The zero-order valence-corrected chi connectivity index (χ0v) is 22.9. The molecule has 3 aromatic rings. The van der Waals surface area contributed by atoms with E-state index >= 15 is 0 Å². The van der Waals surface area contributed by atoms with Crippen molar-refractivity contribution in [3.8, 4) is 16.9 Å². The fraction of sp³-hybridized carbons (Fsp3) is 0.269. The van der Waals surface area contributed by atoms with Crippen molar-refractivity contribution in [2.24, 2.45) is 0 Å². The first kappa shape index (κ1) is 26.3. The number of amides is 1. The molecule has 1 aliphatic heterocycles.